The van der Waals surface area contributed by atoms with Crippen molar-refractivity contribution in [2.75, 3.05) is 22.7 Å². The first-order valence-corrected chi connectivity index (χ1v) is 12.6. The summed E-state index contributed by atoms with van der Waals surface area (Å²) in [4.78, 5) is 27.2. The minimum absolute atomic E-state index is 0.00574. The molecule has 1 aromatic heterocycles. The Morgan fingerprint density at radius 3 is 1.92 bits per heavy atom. The van der Waals surface area contributed by atoms with Crippen LogP contribution >= 0.6 is 0 Å². The van der Waals surface area contributed by atoms with Crippen LogP contribution in [0.3, 0.4) is 0 Å². The molecule has 13 heteroatoms. The molecule has 1 saturated heterocycles. The highest BCUT2D eigenvalue weighted by molar-refractivity contribution is 7.92. The minimum atomic E-state index is -5.08. The van der Waals surface area contributed by atoms with Crippen molar-refractivity contribution in [3.63, 3.8) is 0 Å². The molecule has 3 N–H and O–H groups in total. The highest BCUT2D eigenvalue weighted by atomic mass is 32.2. The molecule has 0 bridgehead atoms. The van der Waals surface area contributed by atoms with Gasteiger partial charge in [0.1, 0.15) is 11.4 Å². The Morgan fingerprint density at radius 2 is 1.44 bits per heavy atom. The molecule has 2 heterocycles. The SMILES string of the molecule is Cc1cc(C)cc(S(=O)(=O)Nc2cnc(N3CCCCCCC3)c(C(=O)O)c2)c1.O=C(O)C(F)(F)F. The number of hydrogen-bond donors (Lipinski definition) is 3. The third-order valence-corrected chi connectivity index (χ3v) is 6.61. The molecular formula is C23H28F3N3O6S. The van der Waals surface area contributed by atoms with Gasteiger partial charge >= 0.3 is 18.1 Å². The normalized spacial score (nSPS) is 14.6. The molecular weight excluding hydrogens is 503 g/mol. The number of carbonyl (C=O) groups is 2. The zero-order valence-electron chi connectivity index (χ0n) is 19.8. The van der Waals surface area contributed by atoms with Crippen LogP contribution in [-0.2, 0) is 14.8 Å². The summed E-state index contributed by atoms with van der Waals surface area (Å²) in [6.45, 7) is 5.16. The molecule has 0 atom stereocenters. The van der Waals surface area contributed by atoms with E-state index < -0.39 is 28.1 Å². The standard InChI is InChI=1S/C21H27N3O4S.C2HF3O2/c1-15-10-16(2)12-18(11-15)29(27,28)23-17-13-19(21(25)26)20(22-14-17)24-8-6-4-3-5-7-9-24;3-2(4,5)1(6)7/h10-14,23H,3-9H2,1-2H3,(H,25,26);(H,6,7). The summed E-state index contributed by atoms with van der Waals surface area (Å²) in [6.07, 6.45) is 1.72. The van der Waals surface area contributed by atoms with Crippen molar-refractivity contribution < 1.29 is 41.4 Å². The number of rotatable bonds is 5. The number of benzene rings is 1. The third-order valence-electron chi connectivity index (χ3n) is 5.25. The lowest BCUT2D eigenvalue weighted by Gasteiger charge is -2.27. The van der Waals surface area contributed by atoms with Crippen LogP contribution in [0.25, 0.3) is 0 Å². The summed E-state index contributed by atoms with van der Waals surface area (Å²) in [5.74, 6) is -3.48. The molecule has 36 heavy (non-hydrogen) atoms. The van der Waals surface area contributed by atoms with Crippen molar-refractivity contribution in [3.8, 4) is 0 Å². The molecule has 2 aromatic rings. The summed E-state index contributed by atoms with van der Waals surface area (Å²) in [6, 6.07) is 6.40. The molecule has 0 aliphatic carbocycles. The number of hydrogen-bond acceptors (Lipinski definition) is 6. The Balaban J connectivity index is 0.000000572. The number of aromatic nitrogens is 1. The molecule has 1 aliphatic heterocycles. The van der Waals surface area contributed by atoms with Crippen LogP contribution in [0.5, 0.6) is 0 Å². The van der Waals surface area contributed by atoms with Gasteiger partial charge in [-0.15, -0.1) is 0 Å². The number of nitrogens with zero attached hydrogens (tertiary/aromatic N) is 2. The number of aliphatic carboxylic acids is 1. The number of sulfonamides is 1. The number of nitrogens with one attached hydrogen (secondary N) is 1. The van der Waals surface area contributed by atoms with Crippen LogP contribution in [0.15, 0.2) is 35.4 Å². The zero-order chi connectivity index (χ0) is 27.1. The minimum Gasteiger partial charge on any atom is -0.478 e. The molecule has 3 rings (SSSR count). The predicted octanol–water partition coefficient (Wildman–Crippen LogP) is 4.60. The van der Waals surface area contributed by atoms with Crippen LogP contribution in [0.4, 0.5) is 24.7 Å². The molecule has 0 radical (unpaired) electrons. The number of pyridine rings is 1. The molecule has 0 amide bonds. The Labute approximate surface area is 207 Å². The van der Waals surface area contributed by atoms with Gasteiger partial charge in [0.25, 0.3) is 10.0 Å². The summed E-state index contributed by atoms with van der Waals surface area (Å²) in [5, 5.41) is 16.8. The van der Waals surface area contributed by atoms with Gasteiger partial charge in [0.2, 0.25) is 0 Å². The van der Waals surface area contributed by atoms with E-state index in [1.54, 1.807) is 12.1 Å². The average molecular weight is 532 g/mol. The highest BCUT2D eigenvalue weighted by Gasteiger charge is 2.38. The van der Waals surface area contributed by atoms with Crippen LogP contribution in [0.1, 0.15) is 53.6 Å². The van der Waals surface area contributed by atoms with Crippen LogP contribution < -0.4 is 9.62 Å². The average Bonchev–Trinajstić information content (AvgIpc) is 2.72. The Bertz CT molecular complexity index is 1170. The van der Waals surface area contributed by atoms with E-state index in [1.807, 2.05) is 24.8 Å². The van der Waals surface area contributed by atoms with Gasteiger partial charge in [0.15, 0.2) is 0 Å². The Kier molecular flexibility index (Phi) is 9.68. The van der Waals surface area contributed by atoms with Gasteiger partial charge in [0, 0.05) is 13.1 Å². The molecule has 198 valence electrons. The number of aromatic carboxylic acids is 1. The van der Waals surface area contributed by atoms with Gasteiger partial charge in [-0.2, -0.15) is 13.2 Å². The number of carboxylic acids is 2. The van der Waals surface area contributed by atoms with E-state index >= 15 is 0 Å². The molecule has 1 fully saturated rings. The summed E-state index contributed by atoms with van der Waals surface area (Å²) in [5.41, 5.74) is 1.81. The quantitative estimate of drug-likeness (QED) is 0.509. The molecule has 9 nitrogen and oxygen atoms in total. The van der Waals surface area contributed by atoms with E-state index in [4.69, 9.17) is 9.90 Å². The number of carboxylic acid groups (broad SMARTS) is 2. The van der Waals surface area contributed by atoms with Gasteiger partial charge in [-0.25, -0.2) is 23.0 Å². The van der Waals surface area contributed by atoms with Crippen molar-refractivity contribution in [3.05, 3.63) is 47.2 Å². The van der Waals surface area contributed by atoms with Gasteiger partial charge < -0.3 is 15.1 Å². The molecule has 0 unspecified atom stereocenters. The second-order valence-corrected chi connectivity index (χ2v) is 10.1. The first-order valence-electron chi connectivity index (χ1n) is 11.1. The first-order chi connectivity index (χ1) is 16.7. The fourth-order valence-electron chi connectivity index (χ4n) is 3.68. The van der Waals surface area contributed by atoms with Gasteiger partial charge in [-0.05, 0) is 56.0 Å². The van der Waals surface area contributed by atoms with Gasteiger partial charge in [-0.1, -0.05) is 25.3 Å². The van der Waals surface area contributed by atoms with Gasteiger partial charge in [-0.3, -0.25) is 4.72 Å². The highest BCUT2D eigenvalue weighted by Crippen LogP contribution is 2.26. The van der Waals surface area contributed by atoms with Crippen molar-refractivity contribution in [1.82, 2.24) is 4.98 Å². The maximum atomic E-state index is 12.8. The van der Waals surface area contributed by atoms with E-state index in [2.05, 4.69) is 9.71 Å². The lowest BCUT2D eigenvalue weighted by Crippen LogP contribution is -2.29. The van der Waals surface area contributed by atoms with E-state index in [9.17, 15) is 31.5 Å². The summed E-state index contributed by atoms with van der Waals surface area (Å²) < 4.78 is 59.7. The molecule has 1 aliphatic rings. The van der Waals surface area contributed by atoms with E-state index in [0.717, 1.165) is 49.9 Å². The second kappa shape index (κ2) is 12.1. The maximum Gasteiger partial charge on any atom is 0.490 e. The number of aryl methyl sites for hydroxylation is 2. The fraction of sp³-hybridized carbons (Fsp3) is 0.435. The summed E-state index contributed by atoms with van der Waals surface area (Å²) >= 11 is 0. The molecule has 0 spiro atoms. The van der Waals surface area contributed by atoms with Crippen LogP contribution in [-0.4, -0.2) is 54.8 Å². The largest absolute Gasteiger partial charge is 0.490 e. The lowest BCUT2D eigenvalue weighted by atomic mass is 10.1. The topological polar surface area (TPSA) is 137 Å². The Hall–Kier alpha value is -3.35. The third kappa shape index (κ3) is 8.40. The number of anilines is 2. The molecule has 0 saturated carbocycles. The van der Waals surface area contributed by atoms with Crippen LogP contribution in [0.2, 0.25) is 0 Å². The number of alkyl halides is 3. The number of halogens is 3. The van der Waals surface area contributed by atoms with Gasteiger partial charge in [0.05, 0.1) is 16.8 Å². The first kappa shape index (κ1) is 28.9. The molecule has 1 aromatic carbocycles. The van der Waals surface area contributed by atoms with E-state index in [1.165, 1.54) is 18.7 Å². The monoisotopic (exact) mass is 531 g/mol. The second-order valence-electron chi connectivity index (χ2n) is 8.39. The van der Waals surface area contributed by atoms with E-state index in [-0.39, 0.29) is 16.1 Å². The smallest absolute Gasteiger partial charge is 0.478 e. The van der Waals surface area contributed by atoms with Crippen molar-refractivity contribution >= 4 is 33.5 Å². The van der Waals surface area contributed by atoms with Crippen molar-refractivity contribution in [1.29, 1.82) is 0 Å². The van der Waals surface area contributed by atoms with Crippen LogP contribution in [0, 0.1) is 13.8 Å². The van der Waals surface area contributed by atoms with Crippen molar-refractivity contribution in [2.45, 2.75) is 57.0 Å². The van der Waals surface area contributed by atoms with Crippen molar-refractivity contribution in [2.24, 2.45) is 0 Å². The fourth-order valence-corrected chi connectivity index (χ4v) is 4.91. The lowest BCUT2D eigenvalue weighted by molar-refractivity contribution is -0.192. The summed E-state index contributed by atoms with van der Waals surface area (Å²) in [7, 11) is -3.85. The zero-order valence-corrected chi connectivity index (χ0v) is 20.6. The predicted molar refractivity (Wildman–Crippen MR) is 127 cm³/mol. The van der Waals surface area contributed by atoms with E-state index in [0.29, 0.717) is 5.82 Å². The Morgan fingerprint density at radius 1 is 0.944 bits per heavy atom. The maximum absolute atomic E-state index is 12.8.